The van der Waals surface area contributed by atoms with Gasteiger partial charge in [0.05, 0.1) is 24.0 Å². The molecule has 42 heavy (non-hydrogen) atoms. The van der Waals surface area contributed by atoms with Crippen molar-refractivity contribution in [3.05, 3.63) is 59.2 Å². The molecular weight excluding hydrogens is 558 g/mol. The minimum absolute atomic E-state index is 0.105. The molecule has 0 unspecified atom stereocenters. The maximum absolute atomic E-state index is 13.6. The Morgan fingerprint density at radius 1 is 1.10 bits per heavy atom. The highest BCUT2D eigenvalue weighted by Crippen LogP contribution is 2.22. The van der Waals surface area contributed by atoms with Crippen molar-refractivity contribution in [3.8, 4) is 5.75 Å². The number of anilines is 1. The van der Waals surface area contributed by atoms with E-state index in [-0.39, 0.29) is 41.9 Å². The molecule has 3 atom stereocenters. The normalized spacial score (nSPS) is 18.5. The minimum Gasteiger partial charge on any atom is -0.491 e. The SMILES string of the molecule is CC[C@H](NC[C@H]1Cc2cccc(c2)OC[C@@H](C)NC(=O)c2cc(cc(N(C)S(C)(=O)=O)c2)C(=O)N1)C(=O)NCC(C)C. The summed E-state index contributed by atoms with van der Waals surface area (Å²) in [4.78, 5) is 39.5. The summed E-state index contributed by atoms with van der Waals surface area (Å²) in [6, 6.07) is 10.6. The molecule has 0 spiro atoms. The van der Waals surface area contributed by atoms with E-state index in [9.17, 15) is 22.8 Å². The van der Waals surface area contributed by atoms with Crippen LogP contribution in [0.15, 0.2) is 42.5 Å². The van der Waals surface area contributed by atoms with Gasteiger partial charge in [0, 0.05) is 37.3 Å². The van der Waals surface area contributed by atoms with Crippen LogP contribution in [0.1, 0.15) is 60.4 Å². The summed E-state index contributed by atoms with van der Waals surface area (Å²) in [5.41, 5.74) is 1.36. The largest absolute Gasteiger partial charge is 0.491 e. The molecule has 3 amide bonds. The number of carbonyl (C=O) groups is 3. The van der Waals surface area contributed by atoms with Crippen LogP contribution in [0.3, 0.4) is 0 Å². The zero-order valence-electron chi connectivity index (χ0n) is 25.2. The smallest absolute Gasteiger partial charge is 0.251 e. The van der Waals surface area contributed by atoms with Crippen LogP contribution in [0.5, 0.6) is 5.75 Å². The maximum Gasteiger partial charge on any atom is 0.251 e. The number of amides is 3. The van der Waals surface area contributed by atoms with Crippen LogP contribution >= 0.6 is 0 Å². The number of fused-ring (bicyclic) bond motifs is 4. The van der Waals surface area contributed by atoms with Crippen LogP contribution < -0.4 is 30.3 Å². The average Bonchev–Trinajstić information content (AvgIpc) is 2.93. The molecule has 11 nitrogen and oxygen atoms in total. The van der Waals surface area contributed by atoms with E-state index < -0.39 is 33.9 Å². The second-order valence-electron chi connectivity index (χ2n) is 11.2. The molecule has 0 fully saturated rings. The van der Waals surface area contributed by atoms with E-state index in [1.807, 2.05) is 45.0 Å². The highest BCUT2D eigenvalue weighted by Gasteiger charge is 2.23. The van der Waals surface area contributed by atoms with E-state index in [0.29, 0.717) is 31.1 Å². The zero-order valence-corrected chi connectivity index (χ0v) is 26.0. The molecule has 0 saturated carbocycles. The molecule has 0 aliphatic carbocycles. The van der Waals surface area contributed by atoms with Crippen molar-refractivity contribution in [1.29, 1.82) is 0 Å². The van der Waals surface area contributed by atoms with Gasteiger partial charge < -0.3 is 26.0 Å². The predicted molar refractivity (Wildman–Crippen MR) is 163 cm³/mol. The molecule has 1 aliphatic heterocycles. The third-order valence-corrected chi connectivity index (χ3v) is 8.12. The summed E-state index contributed by atoms with van der Waals surface area (Å²) in [6.07, 6.45) is 2.04. The quantitative estimate of drug-likeness (QED) is 0.344. The van der Waals surface area contributed by atoms with Gasteiger partial charge in [-0.1, -0.05) is 32.9 Å². The molecule has 1 aliphatic rings. The maximum atomic E-state index is 13.6. The van der Waals surface area contributed by atoms with Gasteiger partial charge in [0.1, 0.15) is 12.4 Å². The predicted octanol–water partition coefficient (Wildman–Crippen LogP) is 2.07. The first-order chi connectivity index (χ1) is 19.8. The summed E-state index contributed by atoms with van der Waals surface area (Å²) in [6.45, 7) is 8.82. The number of sulfonamides is 1. The van der Waals surface area contributed by atoms with Crippen molar-refractivity contribution < 1.29 is 27.5 Å². The van der Waals surface area contributed by atoms with Gasteiger partial charge in [0.2, 0.25) is 15.9 Å². The molecule has 2 aromatic carbocycles. The fourth-order valence-corrected chi connectivity index (χ4v) is 4.93. The van der Waals surface area contributed by atoms with Gasteiger partial charge in [-0.25, -0.2) is 8.42 Å². The zero-order chi connectivity index (χ0) is 31.0. The Kier molecular flexibility index (Phi) is 11.3. The van der Waals surface area contributed by atoms with E-state index in [0.717, 1.165) is 16.1 Å². The van der Waals surface area contributed by atoms with E-state index in [2.05, 4.69) is 21.3 Å². The molecule has 4 bridgehead atoms. The lowest BCUT2D eigenvalue weighted by Crippen LogP contribution is -2.50. The third-order valence-electron chi connectivity index (χ3n) is 6.92. The molecule has 12 heteroatoms. The van der Waals surface area contributed by atoms with Crippen molar-refractivity contribution in [2.75, 3.05) is 37.3 Å². The summed E-state index contributed by atoms with van der Waals surface area (Å²) < 4.78 is 31.6. The summed E-state index contributed by atoms with van der Waals surface area (Å²) in [7, 11) is -2.30. The molecule has 230 valence electrons. The van der Waals surface area contributed by atoms with E-state index in [4.69, 9.17) is 4.74 Å². The third kappa shape index (κ3) is 9.45. The lowest BCUT2D eigenvalue weighted by Gasteiger charge is -2.24. The number of hydrogen-bond donors (Lipinski definition) is 4. The number of nitrogens with zero attached hydrogens (tertiary/aromatic N) is 1. The lowest BCUT2D eigenvalue weighted by molar-refractivity contribution is -0.123. The molecule has 1 heterocycles. The first kappa shape index (κ1) is 32.9. The van der Waals surface area contributed by atoms with Gasteiger partial charge in [-0.3, -0.25) is 18.7 Å². The standard InChI is InChI=1S/C30H43N5O6S/c1-7-27(30(38)32-16-19(2)3)31-17-24-11-21-9-8-10-26(12-21)41-18-20(4)33-28(36)22-13-23(29(37)34-24)15-25(14-22)35(5)42(6,39)40/h8-10,12-15,19-20,24,27,31H,7,11,16-18H2,1-6H3,(H,32,38)(H,33,36)(H,34,37)/t20-,24-,27+/m1/s1. The first-order valence-corrected chi connectivity index (χ1v) is 16.0. The fraction of sp³-hybridized carbons (Fsp3) is 0.500. The van der Waals surface area contributed by atoms with Gasteiger partial charge >= 0.3 is 0 Å². The highest BCUT2D eigenvalue weighted by molar-refractivity contribution is 7.92. The molecule has 4 N–H and O–H groups in total. The van der Waals surface area contributed by atoms with Gasteiger partial charge in [0.15, 0.2) is 0 Å². The number of hydrogen-bond acceptors (Lipinski definition) is 7. The molecular formula is C30H43N5O6S. The first-order valence-electron chi connectivity index (χ1n) is 14.2. The highest BCUT2D eigenvalue weighted by atomic mass is 32.2. The van der Waals surface area contributed by atoms with Crippen LogP contribution in [-0.2, 0) is 21.2 Å². The van der Waals surface area contributed by atoms with Crippen molar-refractivity contribution in [2.45, 2.75) is 58.7 Å². The summed E-state index contributed by atoms with van der Waals surface area (Å²) in [5, 5.41) is 12.1. The summed E-state index contributed by atoms with van der Waals surface area (Å²) in [5.74, 6) is -0.113. The van der Waals surface area contributed by atoms with Crippen LogP contribution in [0, 0.1) is 5.92 Å². The Hall–Kier alpha value is -3.64. The minimum atomic E-state index is -3.66. The monoisotopic (exact) mass is 601 g/mol. The number of carbonyl (C=O) groups excluding carboxylic acids is 3. The molecule has 0 aromatic heterocycles. The molecule has 2 aromatic rings. The van der Waals surface area contributed by atoms with Gasteiger partial charge in [-0.05, 0) is 61.6 Å². The lowest BCUT2D eigenvalue weighted by atomic mass is 10.0. The van der Waals surface area contributed by atoms with Gasteiger partial charge in [0.25, 0.3) is 11.8 Å². The Labute approximate surface area is 248 Å². The van der Waals surface area contributed by atoms with Crippen LogP contribution in [0.25, 0.3) is 0 Å². The molecule has 3 rings (SSSR count). The van der Waals surface area contributed by atoms with Crippen molar-refractivity contribution in [2.24, 2.45) is 5.92 Å². The van der Waals surface area contributed by atoms with Crippen LogP contribution in [-0.4, -0.2) is 77.3 Å². The van der Waals surface area contributed by atoms with Gasteiger partial charge in [-0.2, -0.15) is 0 Å². The number of ether oxygens (including phenoxy) is 1. The van der Waals surface area contributed by atoms with E-state index in [1.165, 1.54) is 25.2 Å². The molecule has 0 radical (unpaired) electrons. The van der Waals surface area contributed by atoms with E-state index in [1.54, 1.807) is 6.92 Å². The molecule has 0 saturated heterocycles. The van der Waals surface area contributed by atoms with Crippen LogP contribution in [0.4, 0.5) is 5.69 Å². The van der Waals surface area contributed by atoms with E-state index >= 15 is 0 Å². The van der Waals surface area contributed by atoms with Crippen molar-refractivity contribution >= 4 is 33.4 Å². The Bertz CT molecular complexity index is 1380. The van der Waals surface area contributed by atoms with Crippen LogP contribution in [0.2, 0.25) is 0 Å². The Morgan fingerprint density at radius 2 is 1.76 bits per heavy atom. The summed E-state index contributed by atoms with van der Waals surface area (Å²) >= 11 is 0. The van der Waals surface area contributed by atoms with Crippen molar-refractivity contribution in [3.63, 3.8) is 0 Å². The number of benzene rings is 2. The topological polar surface area (TPSA) is 146 Å². The number of nitrogens with one attached hydrogen (secondary N) is 4. The number of rotatable bonds is 9. The van der Waals surface area contributed by atoms with Gasteiger partial charge in [-0.15, -0.1) is 0 Å². The Morgan fingerprint density at radius 3 is 2.38 bits per heavy atom. The average molecular weight is 602 g/mol. The second-order valence-corrected chi connectivity index (χ2v) is 13.2. The Balaban J connectivity index is 1.98. The second kappa shape index (κ2) is 14.5. The van der Waals surface area contributed by atoms with Crippen molar-refractivity contribution in [1.82, 2.24) is 21.3 Å². The fourth-order valence-electron chi connectivity index (χ4n) is 4.44.